The average Bonchev–Trinajstić information content (AvgIpc) is 3.19. The molecule has 1 aliphatic rings. The van der Waals surface area contributed by atoms with Gasteiger partial charge >= 0.3 is 0 Å². The van der Waals surface area contributed by atoms with Crippen molar-refractivity contribution in [3.8, 4) is 5.69 Å². The molecule has 0 aliphatic carbocycles. The second-order valence-electron chi connectivity index (χ2n) is 7.52. The number of benzene rings is 1. The molecular weight excluding hydrogens is 428 g/mol. The van der Waals surface area contributed by atoms with Crippen LogP contribution in [0.4, 0.5) is 0 Å². The van der Waals surface area contributed by atoms with Crippen molar-refractivity contribution in [1.29, 1.82) is 0 Å². The third kappa shape index (κ3) is 5.65. The molecule has 4 rings (SSSR count). The summed E-state index contributed by atoms with van der Waals surface area (Å²) in [5.41, 5.74) is 2.89. The molecule has 31 heavy (non-hydrogen) atoms. The highest BCUT2D eigenvalue weighted by atomic mass is 32.2. The quantitative estimate of drug-likeness (QED) is 0.393. The monoisotopic (exact) mass is 454 g/mol. The standard InChI is InChI=1S/C22H26N6OS2/c1-16-13-17(2)24-21(23-16)30-14-19-25-26-22(28(19)18-9-5-3-6-10-18)31-15-20(29)27-11-7-4-8-12-27/h3,5-6,9-10,13H,4,7-8,11-12,14-15H2,1-2H3. The van der Waals surface area contributed by atoms with Crippen LogP contribution in [0.3, 0.4) is 0 Å². The predicted molar refractivity (Wildman–Crippen MR) is 124 cm³/mol. The SMILES string of the molecule is Cc1cc(C)nc(SCc2nnc(SCC(=O)N3CCCCC3)n2-c2ccccc2)n1. The second-order valence-corrected chi connectivity index (χ2v) is 9.41. The molecule has 2 aromatic heterocycles. The third-order valence-corrected chi connectivity index (χ3v) is 6.80. The molecule has 0 unspecified atom stereocenters. The van der Waals surface area contributed by atoms with Crippen LogP contribution in [-0.4, -0.2) is 54.4 Å². The third-order valence-electron chi connectivity index (χ3n) is 5.04. The Balaban J connectivity index is 1.52. The molecule has 3 aromatic rings. The van der Waals surface area contributed by atoms with E-state index < -0.39 is 0 Å². The van der Waals surface area contributed by atoms with E-state index >= 15 is 0 Å². The van der Waals surface area contributed by atoms with Crippen molar-refractivity contribution >= 4 is 29.4 Å². The maximum atomic E-state index is 12.6. The summed E-state index contributed by atoms with van der Waals surface area (Å²) in [7, 11) is 0. The lowest BCUT2D eigenvalue weighted by Crippen LogP contribution is -2.36. The fourth-order valence-corrected chi connectivity index (χ4v) is 5.31. The minimum Gasteiger partial charge on any atom is -0.342 e. The van der Waals surface area contributed by atoms with Crippen molar-refractivity contribution < 1.29 is 4.79 Å². The fraction of sp³-hybridized carbons (Fsp3) is 0.409. The van der Waals surface area contributed by atoms with Gasteiger partial charge in [-0.05, 0) is 51.3 Å². The number of amides is 1. The van der Waals surface area contributed by atoms with Crippen LogP contribution >= 0.6 is 23.5 Å². The number of piperidine rings is 1. The van der Waals surface area contributed by atoms with Gasteiger partial charge in [-0.3, -0.25) is 9.36 Å². The first-order valence-electron chi connectivity index (χ1n) is 10.5. The first-order valence-corrected chi connectivity index (χ1v) is 12.4. The molecule has 1 aromatic carbocycles. The van der Waals surface area contributed by atoms with Crippen molar-refractivity contribution in [3.63, 3.8) is 0 Å². The van der Waals surface area contributed by atoms with Crippen molar-refractivity contribution in [2.75, 3.05) is 18.8 Å². The highest BCUT2D eigenvalue weighted by molar-refractivity contribution is 7.99. The van der Waals surface area contributed by atoms with E-state index in [9.17, 15) is 4.79 Å². The number of nitrogens with zero attached hydrogens (tertiary/aromatic N) is 6. The molecule has 0 spiro atoms. The number of thioether (sulfide) groups is 2. The molecule has 0 atom stereocenters. The molecule has 9 heteroatoms. The predicted octanol–water partition coefficient (Wildman–Crippen LogP) is 4.07. The molecule has 1 saturated heterocycles. The smallest absolute Gasteiger partial charge is 0.233 e. The second kappa shape index (κ2) is 10.3. The molecule has 162 valence electrons. The molecule has 1 aliphatic heterocycles. The van der Waals surface area contributed by atoms with E-state index in [1.807, 2.05) is 59.7 Å². The summed E-state index contributed by atoms with van der Waals surface area (Å²) in [6.07, 6.45) is 3.40. The van der Waals surface area contributed by atoms with Crippen LogP contribution in [0.2, 0.25) is 0 Å². The highest BCUT2D eigenvalue weighted by Gasteiger charge is 2.20. The van der Waals surface area contributed by atoms with Gasteiger partial charge in [0, 0.05) is 30.2 Å². The van der Waals surface area contributed by atoms with Crippen LogP contribution in [0.5, 0.6) is 0 Å². The lowest BCUT2D eigenvalue weighted by molar-refractivity contribution is -0.129. The maximum absolute atomic E-state index is 12.6. The molecular formula is C22H26N6OS2. The molecule has 1 amide bonds. The van der Waals surface area contributed by atoms with Gasteiger partial charge in [-0.1, -0.05) is 41.7 Å². The van der Waals surface area contributed by atoms with Crippen molar-refractivity contribution in [1.82, 2.24) is 29.6 Å². The number of rotatable bonds is 7. The zero-order valence-electron chi connectivity index (χ0n) is 17.8. The van der Waals surface area contributed by atoms with Gasteiger partial charge in [0.05, 0.1) is 11.5 Å². The number of hydrogen-bond acceptors (Lipinski definition) is 7. The molecule has 0 saturated carbocycles. The highest BCUT2D eigenvalue weighted by Crippen LogP contribution is 2.26. The Morgan fingerprint density at radius 2 is 1.68 bits per heavy atom. The van der Waals surface area contributed by atoms with E-state index in [4.69, 9.17) is 0 Å². The van der Waals surface area contributed by atoms with Crippen LogP contribution in [0.1, 0.15) is 36.5 Å². The minimum absolute atomic E-state index is 0.173. The fourth-order valence-electron chi connectivity index (χ4n) is 3.57. The Morgan fingerprint density at radius 3 is 2.39 bits per heavy atom. The summed E-state index contributed by atoms with van der Waals surface area (Å²) >= 11 is 2.99. The van der Waals surface area contributed by atoms with Crippen LogP contribution < -0.4 is 0 Å². The zero-order valence-corrected chi connectivity index (χ0v) is 19.5. The summed E-state index contributed by atoms with van der Waals surface area (Å²) < 4.78 is 2.03. The summed E-state index contributed by atoms with van der Waals surface area (Å²) in [4.78, 5) is 23.6. The normalized spacial score (nSPS) is 14.1. The molecule has 0 bridgehead atoms. The average molecular weight is 455 g/mol. The number of aryl methyl sites for hydroxylation is 2. The minimum atomic E-state index is 0.173. The Bertz CT molecular complexity index is 1010. The van der Waals surface area contributed by atoms with Crippen LogP contribution in [0, 0.1) is 13.8 Å². The van der Waals surface area contributed by atoms with Gasteiger partial charge in [0.2, 0.25) is 5.91 Å². The molecule has 7 nitrogen and oxygen atoms in total. The topological polar surface area (TPSA) is 76.8 Å². The Kier molecular flexibility index (Phi) is 7.24. The number of aromatic nitrogens is 5. The van der Waals surface area contributed by atoms with Crippen molar-refractivity contribution in [2.24, 2.45) is 0 Å². The van der Waals surface area contributed by atoms with Gasteiger partial charge in [0.15, 0.2) is 10.3 Å². The molecule has 1 fully saturated rings. The van der Waals surface area contributed by atoms with Crippen molar-refractivity contribution in [3.05, 3.63) is 53.6 Å². The van der Waals surface area contributed by atoms with Crippen LogP contribution in [0.15, 0.2) is 46.7 Å². The number of hydrogen-bond donors (Lipinski definition) is 0. The van der Waals surface area contributed by atoms with E-state index in [2.05, 4.69) is 20.2 Å². The van der Waals surface area contributed by atoms with Gasteiger partial charge < -0.3 is 4.90 Å². The number of carbonyl (C=O) groups excluding carboxylic acids is 1. The molecule has 3 heterocycles. The Hall–Kier alpha value is -2.39. The number of carbonyl (C=O) groups is 1. The van der Waals surface area contributed by atoms with Crippen LogP contribution in [-0.2, 0) is 10.5 Å². The zero-order chi connectivity index (χ0) is 21.6. The largest absolute Gasteiger partial charge is 0.342 e. The first-order chi connectivity index (χ1) is 15.1. The molecule has 0 radical (unpaired) electrons. The molecule has 0 N–H and O–H groups in total. The van der Waals surface area contributed by atoms with Gasteiger partial charge in [-0.25, -0.2) is 9.97 Å². The lowest BCUT2D eigenvalue weighted by atomic mass is 10.1. The van der Waals surface area contributed by atoms with Crippen LogP contribution in [0.25, 0.3) is 5.69 Å². The maximum Gasteiger partial charge on any atom is 0.233 e. The van der Waals surface area contributed by atoms with Gasteiger partial charge in [-0.15, -0.1) is 10.2 Å². The summed E-state index contributed by atoms with van der Waals surface area (Å²) in [6, 6.07) is 12.0. The van der Waals surface area contributed by atoms with Gasteiger partial charge in [0.1, 0.15) is 5.82 Å². The van der Waals surface area contributed by atoms with E-state index in [1.165, 1.54) is 18.2 Å². The van der Waals surface area contributed by atoms with Crippen molar-refractivity contribution in [2.45, 2.75) is 49.2 Å². The Labute approximate surface area is 191 Å². The Morgan fingerprint density at radius 1 is 0.968 bits per heavy atom. The number of likely N-dealkylation sites (tertiary alicyclic amines) is 1. The first kappa shape index (κ1) is 21.8. The number of para-hydroxylation sites is 1. The van der Waals surface area contributed by atoms with E-state index in [1.54, 1.807) is 11.8 Å². The summed E-state index contributed by atoms with van der Waals surface area (Å²) in [5.74, 6) is 1.95. The van der Waals surface area contributed by atoms with E-state index in [-0.39, 0.29) is 5.91 Å². The van der Waals surface area contributed by atoms with Gasteiger partial charge in [0.25, 0.3) is 0 Å². The lowest BCUT2D eigenvalue weighted by Gasteiger charge is -2.26. The van der Waals surface area contributed by atoms with E-state index in [0.717, 1.165) is 59.1 Å². The summed E-state index contributed by atoms with van der Waals surface area (Å²) in [6.45, 7) is 5.67. The van der Waals surface area contributed by atoms with E-state index in [0.29, 0.717) is 11.5 Å². The summed E-state index contributed by atoms with van der Waals surface area (Å²) in [5, 5.41) is 10.3. The van der Waals surface area contributed by atoms with Gasteiger partial charge in [-0.2, -0.15) is 0 Å².